The second-order valence-electron chi connectivity index (χ2n) is 16.0. The van der Waals surface area contributed by atoms with Crippen molar-refractivity contribution in [3.05, 3.63) is 119 Å². The fraction of sp³-hybridized carbons (Fsp3) is 0.341. The minimum Gasteiger partial charge on any atom is -0.378 e. The number of aromatic nitrogens is 5. The van der Waals surface area contributed by atoms with Crippen molar-refractivity contribution in [3.8, 4) is 11.5 Å². The molecule has 17 heteroatoms. The molecule has 0 spiro atoms. The third-order valence-electron chi connectivity index (χ3n) is 12.2. The van der Waals surface area contributed by atoms with Crippen molar-refractivity contribution >= 4 is 40.9 Å². The van der Waals surface area contributed by atoms with Crippen LogP contribution in [0.5, 0.6) is 0 Å². The molecule has 0 bridgehead atoms. The van der Waals surface area contributed by atoms with E-state index in [-0.39, 0.29) is 42.1 Å². The molecule has 1 unspecified atom stereocenters. The van der Waals surface area contributed by atoms with E-state index in [9.17, 15) is 24.0 Å². The Morgan fingerprint density at radius 3 is 2.51 bits per heavy atom. The van der Waals surface area contributed by atoms with Crippen molar-refractivity contribution < 1.29 is 24.0 Å². The smallest absolute Gasteiger partial charge is 0.255 e. The maximum Gasteiger partial charge on any atom is 0.255 e. The van der Waals surface area contributed by atoms with Gasteiger partial charge in [-0.1, -0.05) is 18.2 Å². The van der Waals surface area contributed by atoms with E-state index in [4.69, 9.17) is 0 Å². The quantitative estimate of drug-likeness (QED) is 0.166. The summed E-state index contributed by atoms with van der Waals surface area (Å²) in [7, 11) is 1.87. The molecule has 17 nitrogen and oxygen atoms in total. The topological polar surface area (TPSA) is 191 Å². The second-order valence-corrected chi connectivity index (χ2v) is 16.0. The van der Waals surface area contributed by atoms with Gasteiger partial charge in [-0.25, -0.2) is 9.97 Å². The van der Waals surface area contributed by atoms with E-state index in [2.05, 4.69) is 52.0 Å². The lowest BCUT2D eigenvalue weighted by Crippen LogP contribution is -2.64. The highest BCUT2D eigenvalue weighted by Crippen LogP contribution is 2.32. The summed E-state index contributed by atoms with van der Waals surface area (Å²) < 4.78 is 1.86. The molecule has 61 heavy (non-hydrogen) atoms. The third-order valence-corrected chi connectivity index (χ3v) is 12.2. The number of carbonyl (C=O) groups is 5. The molecule has 3 aromatic carbocycles. The van der Waals surface area contributed by atoms with Gasteiger partial charge >= 0.3 is 0 Å². The van der Waals surface area contributed by atoms with Crippen LogP contribution in [-0.2, 0) is 29.7 Å². The number of nitrogens with one attached hydrogen (secondary N) is 3. The Labute approximate surface area is 352 Å². The van der Waals surface area contributed by atoms with Crippen LogP contribution in [0.15, 0.2) is 85.3 Å². The maximum absolute atomic E-state index is 13.6. The number of fused-ring (bicyclic) bond motifs is 1. The molecule has 0 radical (unpaired) electrons. The zero-order valence-electron chi connectivity index (χ0n) is 34.0. The lowest BCUT2D eigenvalue weighted by molar-refractivity contribution is -0.136. The summed E-state index contributed by atoms with van der Waals surface area (Å²) in [4.78, 5) is 80.7. The molecule has 4 aliphatic rings. The lowest BCUT2D eigenvalue weighted by Gasteiger charge is -2.48. The molecule has 312 valence electrons. The Morgan fingerprint density at radius 2 is 1.72 bits per heavy atom. The Balaban J connectivity index is 0.741. The summed E-state index contributed by atoms with van der Waals surface area (Å²) >= 11 is 0. The van der Waals surface area contributed by atoms with E-state index < -0.39 is 11.9 Å². The SMILES string of the molecule is C[C@@H](NC(=O)c1cccc(NCc2nnc(-c3ccncn3)n2C)c1)c1cccc(C(=O)N2CC(N3CCN(c4ccc5c(c4)CN(C4CCC(=O)NC4=O)C5=O)CC3)C2)c1. The molecule has 3 N–H and O–H groups in total. The average Bonchev–Trinajstić information content (AvgIpc) is 3.80. The monoisotopic (exact) mass is 822 g/mol. The highest BCUT2D eigenvalue weighted by molar-refractivity contribution is 6.05. The summed E-state index contributed by atoms with van der Waals surface area (Å²) in [6.07, 6.45) is 3.69. The fourth-order valence-corrected chi connectivity index (χ4v) is 8.55. The predicted octanol–water partition coefficient (Wildman–Crippen LogP) is 2.78. The first kappa shape index (κ1) is 39.5. The number of hydrogen-bond acceptors (Lipinski definition) is 12. The van der Waals surface area contributed by atoms with Crippen LogP contribution >= 0.6 is 0 Å². The average molecular weight is 823 g/mol. The molecule has 4 aliphatic heterocycles. The molecule has 9 rings (SSSR count). The number of amides is 5. The summed E-state index contributed by atoms with van der Waals surface area (Å²) in [6.45, 7) is 7.28. The van der Waals surface area contributed by atoms with Crippen LogP contribution in [0.1, 0.15) is 73.8 Å². The van der Waals surface area contributed by atoms with Gasteiger partial charge in [-0.3, -0.25) is 34.2 Å². The van der Waals surface area contributed by atoms with Crippen molar-refractivity contribution in [3.63, 3.8) is 0 Å². The number of benzene rings is 3. The molecule has 3 saturated heterocycles. The minimum absolute atomic E-state index is 0.0276. The van der Waals surface area contributed by atoms with Crippen LogP contribution in [0, 0.1) is 0 Å². The number of piperazine rings is 1. The van der Waals surface area contributed by atoms with E-state index in [1.807, 2.05) is 72.0 Å². The van der Waals surface area contributed by atoms with Gasteiger partial charge < -0.3 is 29.9 Å². The first-order chi connectivity index (χ1) is 29.6. The molecule has 0 saturated carbocycles. The van der Waals surface area contributed by atoms with E-state index >= 15 is 0 Å². The van der Waals surface area contributed by atoms with Gasteiger partial charge in [-0.05, 0) is 79.1 Å². The number of nitrogens with zero attached hydrogens (tertiary/aromatic N) is 9. The molecule has 5 amide bonds. The molecule has 2 atom stereocenters. The van der Waals surface area contributed by atoms with Crippen LogP contribution in [0.3, 0.4) is 0 Å². The van der Waals surface area contributed by atoms with Gasteiger partial charge in [0, 0.05) is 99.6 Å². The van der Waals surface area contributed by atoms with Crippen molar-refractivity contribution in [1.82, 2.24) is 50.1 Å². The third kappa shape index (κ3) is 8.03. The minimum atomic E-state index is -0.632. The lowest BCUT2D eigenvalue weighted by atomic mass is 10.0. The molecule has 6 heterocycles. The second kappa shape index (κ2) is 16.6. The van der Waals surface area contributed by atoms with Gasteiger partial charge in [0.05, 0.1) is 12.6 Å². The van der Waals surface area contributed by atoms with Gasteiger partial charge in [-0.15, -0.1) is 10.2 Å². The molecular weight excluding hydrogens is 777 g/mol. The van der Waals surface area contributed by atoms with Crippen LogP contribution in [0.25, 0.3) is 11.5 Å². The number of anilines is 2. The summed E-state index contributed by atoms with van der Waals surface area (Å²) in [5.41, 5.74) is 5.91. The van der Waals surface area contributed by atoms with Crippen LogP contribution < -0.4 is 20.9 Å². The number of carbonyl (C=O) groups excluding carboxylic acids is 5. The number of imide groups is 1. The molecule has 2 aromatic heterocycles. The number of hydrogen-bond donors (Lipinski definition) is 3. The standard InChI is InChI=1S/C44H46N12O5/c1-27(48-41(58)29-6-4-8-32(20-29)46-22-38-50-51-40(52(38)2)36-13-14-45-26-47-36)28-5-3-7-30(19-28)43(60)55-24-34(25-55)54-17-15-53(16-18-54)33-9-10-35-31(21-33)23-56(44(35)61)37-11-12-39(57)49-42(37)59/h3-10,13-14,19-21,26-27,34,37,46H,11-12,15-18,22-25H2,1-2H3,(H,48,58)(H,49,57,59)/t27-,37?/m1/s1. The van der Waals surface area contributed by atoms with Gasteiger partial charge in [0.15, 0.2) is 11.6 Å². The van der Waals surface area contributed by atoms with Gasteiger partial charge in [0.2, 0.25) is 11.8 Å². The van der Waals surface area contributed by atoms with E-state index in [1.54, 1.807) is 29.3 Å². The molecular formula is C44H46N12O5. The zero-order chi connectivity index (χ0) is 42.2. The number of likely N-dealkylation sites (tertiary alicyclic amines) is 1. The largest absolute Gasteiger partial charge is 0.378 e. The van der Waals surface area contributed by atoms with Crippen molar-refractivity contribution in [1.29, 1.82) is 0 Å². The highest BCUT2D eigenvalue weighted by Gasteiger charge is 2.40. The first-order valence-corrected chi connectivity index (χ1v) is 20.5. The summed E-state index contributed by atoms with van der Waals surface area (Å²) in [5, 5.41) is 17.3. The van der Waals surface area contributed by atoms with Crippen molar-refractivity contribution in [2.45, 2.75) is 51.0 Å². The zero-order valence-corrected chi connectivity index (χ0v) is 34.0. The van der Waals surface area contributed by atoms with Crippen LogP contribution in [0.2, 0.25) is 0 Å². The Kier molecular flexibility index (Phi) is 10.7. The first-order valence-electron chi connectivity index (χ1n) is 20.5. The van der Waals surface area contributed by atoms with Crippen molar-refractivity contribution in [2.75, 3.05) is 49.5 Å². The number of piperidine rings is 1. The van der Waals surface area contributed by atoms with E-state index in [0.717, 1.165) is 48.7 Å². The molecule has 0 aliphatic carbocycles. The summed E-state index contributed by atoms with van der Waals surface area (Å²) in [6, 6.07) is 21.7. The molecule has 3 fully saturated rings. The van der Waals surface area contributed by atoms with Crippen LogP contribution in [0.4, 0.5) is 11.4 Å². The maximum atomic E-state index is 13.6. The highest BCUT2D eigenvalue weighted by atomic mass is 16.2. The van der Waals surface area contributed by atoms with E-state index in [0.29, 0.717) is 66.6 Å². The van der Waals surface area contributed by atoms with E-state index in [1.165, 1.54) is 6.33 Å². The predicted molar refractivity (Wildman–Crippen MR) is 224 cm³/mol. The van der Waals surface area contributed by atoms with Crippen molar-refractivity contribution in [2.24, 2.45) is 7.05 Å². The Bertz CT molecular complexity index is 2510. The fourth-order valence-electron chi connectivity index (χ4n) is 8.55. The Morgan fingerprint density at radius 1 is 0.918 bits per heavy atom. The van der Waals surface area contributed by atoms with Gasteiger partial charge in [-0.2, -0.15) is 0 Å². The van der Waals surface area contributed by atoms with Gasteiger partial charge in [0.25, 0.3) is 17.7 Å². The molecule has 5 aromatic rings. The van der Waals surface area contributed by atoms with Crippen LogP contribution in [-0.4, -0.2) is 120 Å². The number of rotatable bonds is 11. The Hall–Kier alpha value is -7.01. The van der Waals surface area contributed by atoms with Gasteiger partial charge in [0.1, 0.15) is 18.1 Å². The normalized spacial score (nSPS) is 18.7. The summed E-state index contributed by atoms with van der Waals surface area (Å²) in [5.74, 6) is 0.199.